The van der Waals surface area contributed by atoms with Crippen LogP contribution in [0.4, 0.5) is 0 Å². The Kier molecular flexibility index (Phi) is 4.66. The fraction of sp³-hybridized carbons (Fsp3) is 0.176. The lowest BCUT2D eigenvalue weighted by Crippen LogP contribution is -2.17. The van der Waals surface area contributed by atoms with E-state index in [-0.39, 0.29) is 5.91 Å². The summed E-state index contributed by atoms with van der Waals surface area (Å²) in [6.45, 7) is 4.10. The maximum absolute atomic E-state index is 11.8. The molecule has 0 fully saturated rings. The zero-order valence-corrected chi connectivity index (χ0v) is 11.8. The molecule has 0 saturated carbocycles. The van der Waals surface area contributed by atoms with Gasteiger partial charge in [0.25, 0.3) is 5.91 Å². The van der Waals surface area contributed by atoms with E-state index in [0.717, 1.165) is 17.5 Å². The van der Waals surface area contributed by atoms with Gasteiger partial charge in [-0.25, -0.2) is 5.43 Å². The lowest BCUT2D eigenvalue weighted by Gasteiger charge is -2.00. The van der Waals surface area contributed by atoms with Crippen LogP contribution in [0.2, 0.25) is 0 Å². The SMILES string of the molecule is CCc1ccc(C=NNC(=O)c2ccc(C)cc2)cc1. The van der Waals surface area contributed by atoms with Crippen molar-refractivity contribution in [2.24, 2.45) is 5.10 Å². The second-order valence-electron chi connectivity index (χ2n) is 4.66. The summed E-state index contributed by atoms with van der Waals surface area (Å²) >= 11 is 0. The number of hydrogen-bond donors (Lipinski definition) is 1. The molecule has 0 unspecified atom stereocenters. The van der Waals surface area contributed by atoms with Crippen LogP contribution in [0.3, 0.4) is 0 Å². The Morgan fingerprint density at radius 1 is 1.10 bits per heavy atom. The molecular weight excluding hydrogens is 248 g/mol. The fourth-order valence-electron chi connectivity index (χ4n) is 1.77. The minimum absolute atomic E-state index is 0.202. The summed E-state index contributed by atoms with van der Waals surface area (Å²) in [4.78, 5) is 11.8. The minimum Gasteiger partial charge on any atom is -0.267 e. The van der Waals surface area contributed by atoms with Gasteiger partial charge in [0.15, 0.2) is 0 Å². The number of amides is 1. The van der Waals surface area contributed by atoms with Crippen LogP contribution in [0.15, 0.2) is 53.6 Å². The van der Waals surface area contributed by atoms with Gasteiger partial charge in [-0.05, 0) is 36.6 Å². The molecule has 3 nitrogen and oxygen atoms in total. The first-order valence-corrected chi connectivity index (χ1v) is 6.68. The number of nitrogens with zero attached hydrogens (tertiary/aromatic N) is 1. The molecule has 0 bridgehead atoms. The third kappa shape index (κ3) is 3.79. The van der Waals surface area contributed by atoms with Gasteiger partial charge in [-0.2, -0.15) is 5.10 Å². The maximum Gasteiger partial charge on any atom is 0.271 e. The number of hydrogen-bond acceptors (Lipinski definition) is 2. The van der Waals surface area contributed by atoms with Gasteiger partial charge in [-0.1, -0.05) is 48.9 Å². The van der Waals surface area contributed by atoms with Crippen LogP contribution >= 0.6 is 0 Å². The minimum atomic E-state index is -0.202. The van der Waals surface area contributed by atoms with Crippen LogP contribution in [0, 0.1) is 6.92 Å². The van der Waals surface area contributed by atoms with Crippen LogP contribution in [-0.4, -0.2) is 12.1 Å². The van der Waals surface area contributed by atoms with Crippen LogP contribution in [0.5, 0.6) is 0 Å². The van der Waals surface area contributed by atoms with E-state index >= 15 is 0 Å². The molecule has 0 saturated heterocycles. The quantitative estimate of drug-likeness (QED) is 0.669. The second-order valence-corrected chi connectivity index (χ2v) is 4.66. The smallest absolute Gasteiger partial charge is 0.267 e. The van der Waals surface area contributed by atoms with E-state index in [1.54, 1.807) is 18.3 Å². The number of hydrazone groups is 1. The monoisotopic (exact) mass is 266 g/mol. The maximum atomic E-state index is 11.8. The second kappa shape index (κ2) is 6.66. The van der Waals surface area contributed by atoms with Gasteiger partial charge in [-0.15, -0.1) is 0 Å². The van der Waals surface area contributed by atoms with Gasteiger partial charge in [0.05, 0.1) is 6.21 Å². The van der Waals surface area contributed by atoms with Crippen molar-refractivity contribution in [3.05, 3.63) is 70.8 Å². The number of rotatable bonds is 4. The van der Waals surface area contributed by atoms with Gasteiger partial charge < -0.3 is 0 Å². The molecule has 2 aromatic rings. The van der Waals surface area contributed by atoms with E-state index in [1.165, 1.54) is 5.56 Å². The summed E-state index contributed by atoms with van der Waals surface area (Å²) in [5.74, 6) is -0.202. The van der Waals surface area contributed by atoms with Crippen LogP contribution in [0.25, 0.3) is 0 Å². The first-order valence-electron chi connectivity index (χ1n) is 6.68. The third-order valence-corrected chi connectivity index (χ3v) is 3.08. The average molecular weight is 266 g/mol. The van der Waals surface area contributed by atoms with Crippen LogP contribution in [-0.2, 0) is 6.42 Å². The molecule has 0 aliphatic rings. The summed E-state index contributed by atoms with van der Waals surface area (Å²) in [6.07, 6.45) is 2.66. The molecule has 1 amide bonds. The molecule has 0 spiro atoms. The van der Waals surface area contributed by atoms with Crippen LogP contribution < -0.4 is 5.43 Å². The average Bonchev–Trinajstić information content (AvgIpc) is 2.48. The van der Waals surface area contributed by atoms with Crippen molar-refractivity contribution in [1.29, 1.82) is 0 Å². The molecule has 102 valence electrons. The summed E-state index contributed by atoms with van der Waals surface area (Å²) in [5, 5.41) is 3.97. The van der Waals surface area contributed by atoms with Crippen molar-refractivity contribution in [3.63, 3.8) is 0 Å². The highest BCUT2D eigenvalue weighted by Crippen LogP contribution is 2.04. The molecule has 20 heavy (non-hydrogen) atoms. The Balaban J connectivity index is 1.95. The molecule has 0 radical (unpaired) electrons. The van der Waals surface area contributed by atoms with Gasteiger partial charge in [-0.3, -0.25) is 4.79 Å². The Hall–Kier alpha value is -2.42. The number of aryl methyl sites for hydroxylation is 2. The first-order chi connectivity index (χ1) is 9.69. The highest BCUT2D eigenvalue weighted by molar-refractivity contribution is 5.94. The predicted octanol–water partition coefficient (Wildman–Crippen LogP) is 3.32. The molecule has 0 atom stereocenters. The van der Waals surface area contributed by atoms with Crippen molar-refractivity contribution in [2.45, 2.75) is 20.3 Å². The van der Waals surface area contributed by atoms with Gasteiger partial charge in [0.1, 0.15) is 0 Å². The third-order valence-electron chi connectivity index (χ3n) is 3.08. The molecule has 2 aromatic carbocycles. The molecule has 0 aliphatic heterocycles. The summed E-state index contributed by atoms with van der Waals surface area (Å²) in [5.41, 5.74) is 6.51. The predicted molar refractivity (Wildman–Crippen MR) is 82.1 cm³/mol. The zero-order valence-electron chi connectivity index (χ0n) is 11.8. The number of carbonyl (C=O) groups excluding carboxylic acids is 1. The molecule has 2 rings (SSSR count). The van der Waals surface area contributed by atoms with Crippen molar-refractivity contribution >= 4 is 12.1 Å². The van der Waals surface area contributed by atoms with Crippen molar-refractivity contribution in [3.8, 4) is 0 Å². The Morgan fingerprint density at radius 3 is 2.35 bits per heavy atom. The lowest BCUT2D eigenvalue weighted by atomic mass is 10.1. The standard InChI is InChI=1S/C17H18N2O/c1-3-14-6-8-15(9-7-14)12-18-19-17(20)16-10-4-13(2)5-11-16/h4-12H,3H2,1-2H3,(H,19,20). The Morgan fingerprint density at radius 2 is 1.75 bits per heavy atom. The Labute approximate surface area is 119 Å². The summed E-state index contributed by atoms with van der Waals surface area (Å²) in [7, 11) is 0. The number of benzene rings is 2. The number of carbonyl (C=O) groups is 1. The summed E-state index contributed by atoms with van der Waals surface area (Å²) in [6, 6.07) is 15.5. The molecule has 0 aliphatic carbocycles. The molecule has 0 heterocycles. The van der Waals surface area contributed by atoms with E-state index in [4.69, 9.17) is 0 Å². The summed E-state index contributed by atoms with van der Waals surface area (Å²) < 4.78 is 0. The lowest BCUT2D eigenvalue weighted by molar-refractivity contribution is 0.0955. The van der Waals surface area contributed by atoms with E-state index in [0.29, 0.717) is 5.56 Å². The largest absolute Gasteiger partial charge is 0.271 e. The van der Waals surface area contributed by atoms with Crippen LogP contribution in [0.1, 0.15) is 34.0 Å². The fourth-order valence-corrected chi connectivity index (χ4v) is 1.77. The first kappa shape index (κ1) is 14.0. The van der Waals surface area contributed by atoms with Gasteiger partial charge >= 0.3 is 0 Å². The van der Waals surface area contributed by atoms with E-state index in [2.05, 4.69) is 29.6 Å². The topological polar surface area (TPSA) is 41.5 Å². The molecular formula is C17H18N2O. The van der Waals surface area contributed by atoms with Crippen molar-refractivity contribution in [1.82, 2.24) is 5.43 Å². The van der Waals surface area contributed by atoms with Gasteiger partial charge in [0.2, 0.25) is 0 Å². The van der Waals surface area contributed by atoms with E-state index in [9.17, 15) is 4.79 Å². The van der Waals surface area contributed by atoms with Crippen molar-refractivity contribution in [2.75, 3.05) is 0 Å². The molecule has 0 aromatic heterocycles. The van der Waals surface area contributed by atoms with Gasteiger partial charge in [0, 0.05) is 5.56 Å². The van der Waals surface area contributed by atoms with E-state index in [1.807, 2.05) is 31.2 Å². The highest BCUT2D eigenvalue weighted by Gasteiger charge is 2.02. The zero-order chi connectivity index (χ0) is 14.4. The molecule has 1 N–H and O–H groups in total. The Bertz CT molecular complexity index is 598. The highest BCUT2D eigenvalue weighted by atomic mass is 16.2. The van der Waals surface area contributed by atoms with Crippen molar-refractivity contribution < 1.29 is 4.79 Å². The number of nitrogens with one attached hydrogen (secondary N) is 1. The van der Waals surface area contributed by atoms with E-state index < -0.39 is 0 Å². The normalized spacial score (nSPS) is 10.7. The molecule has 3 heteroatoms.